The number of nitrogens with two attached hydrogens (primary N) is 3. The summed E-state index contributed by atoms with van der Waals surface area (Å²) in [5.41, 5.74) is 20.9. The molecule has 0 saturated carbocycles. The summed E-state index contributed by atoms with van der Waals surface area (Å²) in [6.45, 7) is 15.2. The van der Waals surface area contributed by atoms with Crippen molar-refractivity contribution in [1.29, 1.82) is 0 Å². The summed E-state index contributed by atoms with van der Waals surface area (Å²) in [6.07, 6.45) is 12.8. The Labute approximate surface area is 435 Å². The van der Waals surface area contributed by atoms with Gasteiger partial charge in [-0.3, -0.25) is 9.59 Å². The average molecular weight is 1040 g/mol. The second-order valence-corrected chi connectivity index (χ2v) is 19.2. The van der Waals surface area contributed by atoms with Crippen LogP contribution in [-0.4, -0.2) is 177 Å². The van der Waals surface area contributed by atoms with Gasteiger partial charge in [-0.25, -0.2) is 9.36 Å². The number of nitrogens with one attached hydrogen (secondary N) is 1. The molecule has 23 nitrogen and oxygen atoms in total. The number of anilines is 3. The summed E-state index contributed by atoms with van der Waals surface area (Å²) in [6, 6.07) is 5.03. The minimum absolute atomic E-state index is 0. The van der Waals surface area contributed by atoms with E-state index < -0.39 is 12.1 Å². The predicted molar refractivity (Wildman–Crippen MR) is 280 cm³/mol. The van der Waals surface area contributed by atoms with Crippen molar-refractivity contribution in [3.05, 3.63) is 53.6 Å². The van der Waals surface area contributed by atoms with Crippen LogP contribution in [0, 0.1) is 24.2 Å². The molecule has 0 spiro atoms. The fraction of sp³-hybridized carbons (Fsp3) is 0.653. The molecular weight excluding hydrogens is 958 g/mol. The number of ether oxygens (including phenoxy) is 3. The summed E-state index contributed by atoms with van der Waals surface area (Å²) in [7, 11) is 0. The van der Waals surface area contributed by atoms with Crippen LogP contribution in [-0.2, 0) is 30.2 Å². The van der Waals surface area contributed by atoms with Crippen molar-refractivity contribution in [1.82, 2.24) is 54.7 Å². The molecule has 0 radical (unpaired) electrons. The van der Waals surface area contributed by atoms with E-state index in [9.17, 15) is 14.7 Å². The number of unbranched alkanes of at least 4 members (excludes halogenated alkanes) is 1. The van der Waals surface area contributed by atoms with Gasteiger partial charge in [0, 0.05) is 65.3 Å². The van der Waals surface area contributed by atoms with E-state index in [1.807, 2.05) is 16.0 Å². The summed E-state index contributed by atoms with van der Waals surface area (Å²) in [5, 5.41) is 30.8. The van der Waals surface area contributed by atoms with Crippen LogP contribution in [0.25, 0.3) is 0 Å². The first kappa shape index (κ1) is 58.2. The molecule has 24 heteroatoms. The first-order valence-electron chi connectivity index (χ1n) is 25.4. The van der Waals surface area contributed by atoms with Gasteiger partial charge in [-0.2, -0.15) is 15.0 Å². The molecule has 6 rings (SSSR count). The molecular formula is C49H78ClN17O6. The first-order valence-corrected chi connectivity index (χ1v) is 25.4. The average Bonchev–Trinajstić information content (AvgIpc) is 4.08. The molecule has 8 N–H and O–H groups in total. The highest BCUT2D eigenvalue weighted by Gasteiger charge is 2.34. The van der Waals surface area contributed by atoms with Crippen LogP contribution in [0.4, 0.5) is 17.8 Å². The van der Waals surface area contributed by atoms with Crippen molar-refractivity contribution in [3.63, 3.8) is 0 Å². The molecule has 4 atom stereocenters. The van der Waals surface area contributed by atoms with Gasteiger partial charge in [0.15, 0.2) is 0 Å². The second kappa shape index (κ2) is 29.8. The highest BCUT2D eigenvalue weighted by Crippen LogP contribution is 2.26. The van der Waals surface area contributed by atoms with Crippen LogP contribution in [0.15, 0.2) is 36.7 Å². The predicted octanol–water partition coefficient (Wildman–Crippen LogP) is 2.52. The zero-order valence-electron chi connectivity index (χ0n) is 43.0. The number of amides is 2. The number of halogens is 1. The second-order valence-electron chi connectivity index (χ2n) is 19.2. The van der Waals surface area contributed by atoms with Gasteiger partial charge in [0.1, 0.15) is 24.4 Å². The molecule has 2 amide bonds. The third-order valence-corrected chi connectivity index (χ3v) is 12.6. The van der Waals surface area contributed by atoms with Crippen LogP contribution in [0.3, 0.4) is 0 Å². The summed E-state index contributed by atoms with van der Waals surface area (Å²) >= 11 is 0. The Bertz CT molecular complexity index is 2300. The van der Waals surface area contributed by atoms with Crippen molar-refractivity contribution < 1.29 is 28.9 Å². The lowest BCUT2D eigenvalue weighted by Gasteiger charge is -2.38. The van der Waals surface area contributed by atoms with Gasteiger partial charge in [-0.15, -0.1) is 29.0 Å². The number of aromatic hydroxyl groups is 1. The number of nitrogens with zero attached hydrogens (tertiary/aromatic N) is 13. The van der Waals surface area contributed by atoms with Crippen LogP contribution < -0.4 is 32.3 Å². The van der Waals surface area contributed by atoms with Gasteiger partial charge in [0.25, 0.3) is 0 Å². The molecule has 2 saturated heterocycles. The van der Waals surface area contributed by atoms with Crippen molar-refractivity contribution in [2.45, 2.75) is 90.4 Å². The standard InChI is InChI=1S/C49H77N17O6.ClH/c1-6-24-70-26-28-72-29-27-71-25-15-53-47-54-48(63-20-16-61(17-21-63)45(68)43(9-7-8-14-50)65-33-41(57-59-65)39(51)30-35(2)3)56-49(55-47)64-22-18-62(19-23-64)46(69)44(32-37-10-12-38(67)13-11-37)66-34-42(58-60-66)40(52)31-36(4)5;/h1,10-13,33-36,39-40,43-44,67H,7-9,14-32,50-52H2,2-5H3,(H,53,54,55,56);1H/t39-,40-,43-,44+;/m0./s1. The van der Waals surface area contributed by atoms with Crippen LogP contribution in [0.2, 0.25) is 0 Å². The van der Waals surface area contributed by atoms with Crippen LogP contribution in [0.5, 0.6) is 5.75 Å². The lowest BCUT2D eigenvalue weighted by Crippen LogP contribution is -2.52. The van der Waals surface area contributed by atoms with Crippen molar-refractivity contribution in [2.75, 3.05) is 120 Å². The number of carbonyl (C=O) groups is 2. The van der Waals surface area contributed by atoms with Gasteiger partial charge >= 0.3 is 0 Å². The Kier molecular flexibility index (Phi) is 23.8. The third-order valence-electron chi connectivity index (χ3n) is 12.6. The van der Waals surface area contributed by atoms with E-state index in [-0.39, 0.29) is 48.7 Å². The molecule has 402 valence electrons. The fourth-order valence-electron chi connectivity index (χ4n) is 8.68. The topological polar surface area (TPSA) is 285 Å². The van der Waals surface area contributed by atoms with Crippen molar-refractivity contribution >= 4 is 42.1 Å². The number of aromatic nitrogens is 9. The van der Waals surface area contributed by atoms with E-state index in [0.717, 1.165) is 31.2 Å². The molecule has 2 aliphatic rings. The van der Waals surface area contributed by atoms with Gasteiger partial charge in [-0.1, -0.05) is 56.2 Å². The summed E-state index contributed by atoms with van der Waals surface area (Å²) in [5.74, 6) is 4.50. The van der Waals surface area contributed by atoms with Gasteiger partial charge in [0.05, 0.1) is 68.9 Å². The molecule has 0 unspecified atom stereocenters. The van der Waals surface area contributed by atoms with Gasteiger partial charge in [-0.05, 0) is 68.2 Å². The number of hydrogen-bond donors (Lipinski definition) is 5. The Balaban J connectivity index is 0.00000988. The van der Waals surface area contributed by atoms with Gasteiger partial charge < -0.3 is 61.4 Å². The SMILES string of the molecule is C#CCOCCOCCOCCNc1nc(N2CCN(C(=O)[C@@H](Cc3ccc(O)cc3)n3cc([C@@H](N)CC(C)C)nn3)CC2)nc(N2CCN(C(=O)[C@H](CCCCN)n3cc([C@@H](N)CC(C)C)nn3)CC2)n1.Cl. The normalized spacial score (nSPS) is 15.8. The van der Waals surface area contributed by atoms with E-state index >= 15 is 0 Å². The lowest BCUT2D eigenvalue weighted by atomic mass is 10.0. The highest BCUT2D eigenvalue weighted by molar-refractivity contribution is 5.85. The molecule has 0 bridgehead atoms. The Morgan fingerprint density at radius 3 is 1.71 bits per heavy atom. The summed E-state index contributed by atoms with van der Waals surface area (Å²) < 4.78 is 19.9. The largest absolute Gasteiger partial charge is 0.508 e. The maximum Gasteiger partial charge on any atom is 0.247 e. The number of carbonyl (C=O) groups excluding carboxylic acids is 2. The minimum atomic E-state index is -0.691. The molecule has 4 aromatic rings. The zero-order valence-corrected chi connectivity index (χ0v) is 43.8. The number of benzene rings is 1. The van der Waals surface area contributed by atoms with Crippen LogP contribution in [0.1, 0.15) is 101 Å². The number of hydrogen-bond acceptors (Lipinski definition) is 19. The van der Waals surface area contributed by atoms with Crippen molar-refractivity contribution in [3.8, 4) is 18.1 Å². The highest BCUT2D eigenvalue weighted by atomic mass is 35.5. The molecule has 2 fully saturated rings. The van der Waals surface area contributed by atoms with E-state index in [1.54, 1.807) is 39.8 Å². The maximum absolute atomic E-state index is 14.5. The molecule has 1 aromatic carbocycles. The van der Waals surface area contributed by atoms with Crippen molar-refractivity contribution in [2.24, 2.45) is 29.0 Å². The number of phenols is 1. The molecule has 73 heavy (non-hydrogen) atoms. The Morgan fingerprint density at radius 2 is 1.21 bits per heavy atom. The minimum Gasteiger partial charge on any atom is -0.508 e. The van der Waals surface area contributed by atoms with E-state index in [0.29, 0.717) is 152 Å². The third kappa shape index (κ3) is 17.7. The van der Waals surface area contributed by atoms with Gasteiger partial charge in [0.2, 0.25) is 29.7 Å². The van der Waals surface area contributed by atoms with E-state index in [4.69, 9.17) is 52.8 Å². The number of phenolic OH excluding ortho intramolecular Hbond substituents is 1. The zero-order chi connectivity index (χ0) is 51.4. The maximum atomic E-state index is 14.5. The fourth-order valence-corrected chi connectivity index (χ4v) is 8.68. The number of terminal acetylenes is 1. The first-order chi connectivity index (χ1) is 34.8. The smallest absolute Gasteiger partial charge is 0.247 e. The van der Waals surface area contributed by atoms with E-state index in [2.05, 4.69) is 69.4 Å². The molecule has 5 heterocycles. The number of piperazine rings is 2. The number of rotatable bonds is 29. The van der Waals surface area contributed by atoms with E-state index in [1.165, 1.54) is 0 Å². The molecule has 0 aliphatic carbocycles. The van der Waals surface area contributed by atoms with Crippen LogP contribution >= 0.6 is 12.4 Å². The summed E-state index contributed by atoms with van der Waals surface area (Å²) in [4.78, 5) is 51.3. The monoisotopic (exact) mass is 1040 g/mol. The molecule has 2 aliphatic heterocycles. The lowest BCUT2D eigenvalue weighted by molar-refractivity contribution is -0.136. The Morgan fingerprint density at radius 1 is 0.712 bits per heavy atom. The quantitative estimate of drug-likeness (QED) is 0.0386. The Hall–Kier alpha value is -5.74. The molecule has 3 aromatic heterocycles.